The van der Waals surface area contributed by atoms with Gasteiger partial charge >= 0.3 is 0 Å². The Morgan fingerprint density at radius 2 is 1.72 bits per heavy atom. The molecule has 0 aromatic heterocycles. The summed E-state index contributed by atoms with van der Waals surface area (Å²) in [5.74, 6) is 0. The molecule has 0 saturated carbocycles. The second kappa shape index (κ2) is 4.55. The molecule has 0 fully saturated rings. The van der Waals surface area contributed by atoms with Crippen molar-refractivity contribution >= 4 is 15.9 Å². The van der Waals surface area contributed by atoms with Gasteiger partial charge in [-0.1, -0.05) is 59.3 Å². The summed E-state index contributed by atoms with van der Waals surface area (Å²) in [6.45, 7) is 2.41. The van der Waals surface area contributed by atoms with E-state index in [9.17, 15) is 0 Å². The van der Waals surface area contributed by atoms with Gasteiger partial charge in [0.25, 0.3) is 0 Å². The Labute approximate surface area is 117 Å². The average molecular weight is 301 g/mol. The van der Waals surface area contributed by atoms with Crippen LogP contribution in [0.2, 0.25) is 0 Å². The summed E-state index contributed by atoms with van der Waals surface area (Å²) in [6, 6.07) is 17.6. The van der Waals surface area contributed by atoms with E-state index in [1.807, 2.05) is 0 Å². The van der Waals surface area contributed by atoms with Crippen molar-refractivity contribution in [1.29, 1.82) is 0 Å². The molecule has 1 aliphatic rings. The van der Waals surface area contributed by atoms with Crippen LogP contribution in [0.4, 0.5) is 0 Å². The fourth-order valence-corrected chi connectivity index (χ4v) is 3.54. The molecule has 0 amide bonds. The summed E-state index contributed by atoms with van der Waals surface area (Å²) in [4.78, 5) is 0. The predicted octanol–water partition coefficient (Wildman–Crippen LogP) is 4.80. The lowest BCUT2D eigenvalue weighted by atomic mass is 9.81. The van der Waals surface area contributed by atoms with Gasteiger partial charge in [0.05, 0.1) is 0 Å². The maximum atomic E-state index is 3.57. The van der Waals surface area contributed by atoms with E-state index in [1.54, 1.807) is 0 Å². The molecule has 0 N–H and O–H groups in total. The van der Waals surface area contributed by atoms with Gasteiger partial charge in [0.1, 0.15) is 0 Å². The molecule has 1 aliphatic carbocycles. The molecule has 2 aromatic carbocycles. The lowest BCUT2D eigenvalue weighted by Crippen LogP contribution is -2.19. The van der Waals surface area contributed by atoms with E-state index >= 15 is 0 Å². The maximum Gasteiger partial charge on any atom is 0.0178 e. The third kappa shape index (κ3) is 2.37. The van der Waals surface area contributed by atoms with Gasteiger partial charge in [-0.3, -0.25) is 0 Å². The van der Waals surface area contributed by atoms with E-state index in [4.69, 9.17) is 0 Å². The zero-order valence-electron chi connectivity index (χ0n) is 10.6. The molecule has 3 rings (SSSR count). The van der Waals surface area contributed by atoms with Crippen molar-refractivity contribution in [2.75, 3.05) is 0 Å². The maximum absolute atomic E-state index is 3.57. The van der Waals surface area contributed by atoms with Crippen LogP contribution in [0.1, 0.15) is 23.6 Å². The number of fused-ring (bicyclic) bond motifs is 1. The van der Waals surface area contributed by atoms with Crippen LogP contribution in [0.3, 0.4) is 0 Å². The molecule has 1 atom stereocenters. The van der Waals surface area contributed by atoms with Crippen molar-refractivity contribution in [3.8, 4) is 0 Å². The van der Waals surface area contributed by atoms with E-state index < -0.39 is 0 Å². The van der Waals surface area contributed by atoms with Crippen molar-refractivity contribution in [3.05, 3.63) is 69.7 Å². The van der Waals surface area contributed by atoms with E-state index in [1.165, 1.54) is 40.4 Å². The van der Waals surface area contributed by atoms with E-state index in [0.29, 0.717) is 5.41 Å². The van der Waals surface area contributed by atoms with Crippen molar-refractivity contribution in [2.45, 2.75) is 26.2 Å². The highest BCUT2D eigenvalue weighted by molar-refractivity contribution is 9.10. The van der Waals surface area contributed by atoms with Crippen LogP contribution in [0, 0.1) is 5.41 Å². The Hall–Kier alpha value is -1.08. The third-order valence-electron chi connectivity index (χ3n) is 3.88. The summed E-state index contributed by atoms with van der Waals surface area (Å²) in [7, 11) is 0. The first-order valence-corrected chi connectivity index (χ1v) is 7.25. The second-order valence-electron chi connectivity index (χ2n) is 5.74. The van der Waals surface area contributed by atoms with Gasteiger partial charge in [0.2, 0.25) is 0 Å². The van der Waals surface area contributed by atoms with Gasteiger partial charge < -0.3 is 0 Å². The van der Waals surface area contributed by atoms with E-state index in [0.717, 1.165) is 0 Å². The second-order valence-corrected chi connectivity index (χ2v) is 6.66. The summed E-state index contributed by atoms with van der Waals surface area (Å²) in [5, 5.41) is 0. The molecule has 0 saturated heterocycles. The minimum absolute atomic E-state index is 0.379. The van der Waals surface area contributed by atoms with Crippen molar-refractivity contribution < 1.29 is 0 Å². The number of hydrogen-bond acceptors (Lipinski definition) is 0. The minimum atomic E-state index is 0.379. The SMILES string of the molecule is CC1(Cc2ccccc2)Cc2ccc(Br)cc2C1. The zero-order chi connectivity index (χ0) is 12.6. The molecule has 0 spiro atoms. The fraction of sp³-hybridized carbons (Fsp3) is 0.294. The van der Waals surface area contributed by atoms with Crippen LogP contribution in [0.15, 0.2) is 53.0 Å². The molecule has 1 heteroatoms. The van der Waals surface area contributed by atoms with Crippen molar-refractivity contribution in [1.82, 2.24) is 0 Å². The molecule has 92 valence electrons. The molecule has 18 heavy (non-hydrogen) atoms. The number of benzene rings is 2. The topological polar surface area (TPSA) is 0 Å². The van der Waals surface area contributed by atoms with Crippen LogP contribution in [0.5, 0.6) is 0 Å². The first-order chi connectivity index (χ1) is 8.65. The molecule has 0 aliphatic heterocycles. The summed E-state index contributed by atoms with van der Waals surface area (Å²) in [6.07, 6.45) is 3.56. The number of rotatable bonds is 2. The largest absolute Gasteiger partial charge is 0.0622 e. The quantitative estimate of drug-likeness (QED) is 0.747. The predicted molar refractivity (Wildman–Crippen MR) is 79.8 cm³/mol. The van der Waals surface area contributed by atoms with Gasteiger partial charge in [-0.2, -0.15) is 0 Å². The smallest absolute Gasteiger partial charge is 0.0178 e. The first-order valence-electron chi connectivity index (χ1n) is 6.46. The Kier molecular flexibility index (Phi) is 3.03. The van der Waals surface area contributed by atoms with Crippen LogP contribution in [0.25, 0.3) is 0 Å². The zero-order valence-corrected chi connectivity index (χ0v) is 12.2. The normalized spacial score (nSPS) is 21.9. The van der Waals surface area contributed by atoms with Gasteiger partial charge in [0, 0.05) is 4.47 Å². The van der Waals surface area contributed by atoms with Crippen LogP contribution in [-0.4, -0.2) is 0 Å². The molecule has 0 nitrogen and oxygen atoms in total. The highest BCUT2D eigenvalue weighted by atomic mass is 79.9. The molecular formula is C17H17Br. The minimum Gasteiger partial charge on any atom is -0.0622 e. The lowest BCUT2D eigenvalue weighted by molar-refractivity contribution is 0.343. The Balaban J connectivity index is 1.83. The van der Waals surface area contributed by atoms with Crippen molar-refractivity contribution in [3.63, 3.8) is 0 Å². The third-order valence-corrected chi connectivity index (χ3v) is 4.37. The highest BCUT2D eigenvalue weighted by Crippen LogP contribution is 2.40. The van der Waals surface area contributed by atoms with Crippen LogP contribution >= 0.6 is 15.9 Å². The molecule has 2 aromatic rings. The molecule has 0 heterocycles. The lowest BCUT2D eigenvalue weighted by Gasteiger charge is -2.23. The molecule has 0 radical (unpaired) electrons. The van der Waals surface area contributed by atoms with Gasteiger partial charge in [0.15, 0.2) is 0 Å². The number of halogens is 1. The van der Waals surface area contributed by atoms with Crippen LogP contribution < -0.4 is 0 Å². The van der Waals surface area contributed by atoms with E-state index in [2.05, 4.69) is 71.4 Å². The van der Waals surface area contributed by atoms with E-state index in [-0.39, 0.29) is 0 Å². The standard InChI is InChI=1S/C17H17Br/c1-17(10-13-5-3-2-4-6-13)11-14-7-8-16(18)9-15(14)12-17/h2-9H,10-12H2,1H3. The number of hydrogen-bond donors (Lipinski definition) is 0. The van der Waals surface area contributed by atoms with Crippen molar-refractivity contribution in [2.24, 2.45) is 5.41 Å². The fourth-order valence-electron chi connectivity index (χ4n) is 3.13. The first kappa shape index (κ1) is 12.0. The molecule has 1 unspecified atom stereocenters. The Bertz CT molecular complexity index is 559. The van der Waals surface area contributed by atoms with Gasteiger partial charge in [-0.05, 0) is 53.5 Å². The summed E-state index contributed by atoms with van der Waals surface area (Å²) < 4.78 is 1.20. The summed E-state index contributed by atoms with van der Waals surface area (Å²) in [5.41, 5.74) is 4.87. The molecule has 0 bridgehead atoms. The van der Waals surface area contributed by atoms with Gasteiger partial charge in [-0.15, -0.1) is 0 Å². The monoisotopic (exact) mass is 300 g/mol. The van der Waals surface area contributed by atoms with Gasteiger partial charge in [-0.25, -0.2) is 0 Å². The Morgan fingerprint density at radius 1 is 1.00 bits per heavy atom. The molecular weight excluding hydrogens is 284 g/mol. The summed E-state index contributed by atoms with van der Waals surface area (Å²) >= 11 is 3.57. The highest BCUT2D eigenvalue weighted by Gasteiger charge is 2.32. The van der Waals surface area contributed by atoms with Crippen LogP contribution in [-0.2, 0) is 19.3 Å². The average Bonchev–Trinajstić information content (AvgIpc) is 2.65. The Morgan fingerprint density at radius 3 is 2.50 bits per heavy atom.